The number of rotatable bonds is 3. The summed E-state index contributed by atoms with van der Waals surface area (Å²) in [6.07, 6.45) is -0.810. The fraction of sp³-hybridized carbons (Fsp3) is 0.389. The van der Waals surface area contributed by atoms with Crippen LogP contribution in [-0.2, 0) is 18.2 Å². The normalized spacial score (nSPS) is 23.5. The smallest absolute Gasteiger partial charge is 0.380 e. The zero-order valence-electron chi connectivity index (χ0n) is 13.5. The van der Waals surface area contributed by atoms with Gasteiger partial charge in [-0.25, -0.2) is 0 Å². The van der Waals surface area contributed by atoms with Gasteiger partial charge in [0.15, 0.2) is 0 Å². The molecule has 0 radical (unpaired) electrons. The molecule has 0 saturated carbocycles. The minimum absolute atomic E-state index is 0.241. The molecule has 0 amide bonds. The van der Waals surface area contributed by atoms with E-state index in [-0.39, 0.29) is 5.92 Å². The van der Waals surface area contributed by atoms with Crippen molar-refractivity contribution < 1.29 is 18.3 Å². The standard InChI is InChI=1S/C18H19F3N2O/c1-23(2)11-15-9-12-8-13(18(19,20)21)5-6-16(12)17(15,24)14-4-3-7-22-10-14/h3-8,10,15,24H,9,11H2,1-2H3. The Bertz CT molecular complexity index is 731. The summed E-state index contributed by atoms with van der Waals surface area (Å²) in [5.74, 6) is -0.241. The van der Waals surface area contributed by atoms with E-state index in [4.69, 9.17) is 0 Å². The first-order chi connectivity index (χ1) is 11.2. The summed E-state index contributed by atoms with van der Waals surface area (Å²) in [6, 6.07) is 7.09. The highest BCUT2D eigenvalue weighted by Crippen LogP contribution is 2.47. The number of aromatic nitrogens is 1. The van der Waals surface area contributed by atoms with Crippen molar-refractivity contribution in [2.24, 2.45) is 5.92 Å². The monoisotopic (exact) mass is 336 g/mol. The second kappa shape index (κ2) is 5.86. The maximum atomic E-state index is 13.0. The van der Waals surface area contributed by atoms with Gasteiger partial charge >= 0.3 is 6.18 Å². The lowest BCUT2D eigenvalue weighted by Gasteiger charge is -2.33. The zero-order valence-corrected chi connectivity index (χ0v) is 13.5. The molecule has 6 heteroatoms. The molecule has 2 atom stereocenters. The quantitative estimate of drug-likeness (QED) is 0.936. The van der Waals surface area contributed by atoms with E-state index in [1.54, 1.807) is 24.5 Å². The third kappa shape index (κ3) is 2.80. The molecule has 2 unspecified atom stereocenters. The van der Waals surface area contributed by atoms with E-state index >= 15 is 0 Å². The van der Waals surface area contributed by atoms with E-state index in [0.29, 0.717) is 29.7 Å². The molecular weight excluding hydrogens is 317 g/mol. The molecule has 1 aliphatic rings. The van der Waals surface area contributed by atoms with Gasteiger partial charge in [0, 0.05) is 30.4 Å². The highest BCUT2D eigenvalue weighted by Gasteiger charge is 2.47. The van der Waals surface area contributed by atoms with Crippen LogP contribution in [-0.4, -0.2) is 35.6 Å². The Balaban J connectivity index is 2.12. The highest BCUT2D eigenvalue weighted by molar-refractivity contribution is 5.48. The van der Waals surface area contributed by atoms with Crippen molar-refractivity contribution in [3.63, 3.8) is 0 Å². The van der Waals surface area contributed by atoms with Crippen molar-refractivity contribution in [1.29, 1.82) is 0 Å². The molecule has 0 fully saturated rings. The SMILES string of the molecule is CN(C)CC1Cc2cc(C(F)(F)F)ccc2C1(O)c1cccnc1. The number of halogens is 3. The van der Waals surface area contributed by atoms with Crippen molar-refractivity contribution >= 4 is 0 Å². The van der Waals surface area contributed by atoms with E-state index in [1.165, 1.54) is 6.07 Å². The van der Waals surface area contributed by atoms with Crippen molar-refractivity contribution in [1.82, 2.24) is 9.88 Å². The number of pyridine rings is 1. The first-order valence-corrected chi connectivity index (χ1v) is 7.71. The van der Waals surface area contributed by atoms with Crippen LogP contribution in [0.25, 0.3) is 0 Å². The van der Waals surface area contributed by atoms with E-state index < -0.39 is 17.3 Å². The van der Waals surface area contributed by atoms with Gasteiger partial charge in [-0.2, -0.15) is 13.2 Å². The van der Waals surface area contributed by atoms with Crippen molar-refractivity contribution in [3.05, 3.63) is 65.0 Å². The number of nitrogens with zero attached hydrogens (tertiary/aromatic N) is 2. The van der Waals surface area contributed by atoms with Crippen molar-refractivity contribution in [2.45, 2.75) is 18.2 Å². The molecule has 1 aromatic heterocycles. The molecule has 0 spiro atoms. The first-order valence-electron chi connectivity index (χ1n) is 7.71. The molecule has 2 aromatic rings. The number of fused-ring (bicyclic) bond motifs is 1. The minimum atomic E-state index is -4.39. The van der Waals surface area contributed by atoms with Crippen LogP contribution >= 0.6 is 0 Å². The van der Waals surface area contributed by atoms with Gasteiger partial charge in [-0.05, 0) is 49.8 Å². The average Bonchev–Trinajstić information content (AvgIpc) is 2.80. The van der Waals surface area contributed by atoms with Gasteiger partial charge in [0.2, 0.25) is 0 Å². The van der Waals surface area contributed by atoms with Crippen LogP contribution in [0.2, 0.25) is 0 Å². The Morgan fingerprint density at radius 2 is 2.04 bits per heavy atom. The summed E-state index contributed by atoms with van der Waals surface area (Å²) < 4.78 is 39.0. The fourth-order valence-corrected chi connectivity index (χ4v) is 3.56. The predicted molar refractivity (Wildman–Crippen MR) is 84.4 cm³/mol. The second-order valence-electron chi connectivity index (χ2n) is 6.54. The minimum Gasteiger partial charge on any atom is -0.380 e. The van der Waals surface area contributed by atoms with E-state index in [1.807, 2.05) is 19.0 Å². The molecule has 128 valence electrons. The lowest BCUT2D eigenvalue weighted by molar-refractivity contribution is -0.137. The van der Waals surface area contributed by atoms with Gasteiger partial charge in [-0.15, -0.1) is 0 Å². The summed E-state index contributed by atoms with van der Waals surface area (Å²) in [4.78, 5) is 6.00. The summed E-state index contributed by atoms with van der Waals surface area (Å²) in [5, 5.41) is 11.5. The van der Waals surface area contributed by atoms with Crippen LogP contribution in [0.1, 0.15) is 22.3 Å². The summed E-state index contributed by atoms with van der Waals surface area (Å²) in [7, 11) is 3.77. The molecular formula is C18H19F3N2O. The predicted octanol–water partition coefficient (Wildman–Crippen LogP) is 3.07. The topological polar surface area (TPSA) is 36.4 Å². The van der Waals surface area contributed by atoms with E-state index in [2.05, 4.69) is 4.98 Å². The maximum Gasteiger partial charge on any atom is 0.416 e. The van der Waals surface area contributed by atoms with Crippen LogP contribution in [0.4, 0.5) is 13.2 Å². The lowest BCUT2D eigenvalue weighted by Crippen LogP contribution is -2.38. The third-order valence-electron chi connectivity index (χ3n) is 4.59. The molecule has 0 aliphatic heterocycles. The van der Waals surface area contributed by atoms with Gasteiger partial charge in [-0.1, -0.05) is 12.1 Å². The zero-order chi connectivity index (χ0) is 17.5. The summed E-state index contributed by atoms with van der Waals surface area (Å²) >= 11 is 0. The molecule has 0 bridgehead atoms. The van der Waals surface area contributed by atoms with Crippen LogP contribution < -0.4 is 0 Å². The Labute approximate surface area is 138 Å². The molecule has 1 heterocycles. The Morgan fingerprint density at radius 3 is 2.62 bits per heavy atom. The Morgan fingerprint density at radius 1 is 1.29 bits per heavy atom. The van der Waals surface area contributed by atoms with Crippen molar-refractivity contribution in [3.8, 4) is 0 Å². The molecule has 1 aliphatic carbocycles. The lowest BCUT2D eigenvalue weighted by atomic mass is 9.81. The highest BCUT2D eigenvalue weighted by atomic mass is 19.4. The van der Waals surface area contributed by atoms with E-state index in [9.17, 15) is 18.3 Å². The third-order valence-corrected chi connectivity index (χ3v) is 4.59. The molecule has 24 heavy (non-hydrogen) atoms. The van der Waals surface area contributed by atoms with Gasteiger partial charge in [0.1, 0.15) is 5.60 Å². The molecule has 3 nitrogen and oxygen atoms in total. The number of hydrogen-bond acceptors (Lipinski definition) is 3. The average molecular weight is 336 g/mol. The summed E-state index contributed by atoms with van der Waals surface area (Å²) in [6.45, 7) is 0.557. The van der Waals surface area contributed by atoms with E-state index in [0.717, 1.165) is 12.1 Å². The number of alkyl halides is 3. The van der Waals surface area contributed by atoms with Crippen LogP contribution in [0, 0.1) is 5.92 Å². The molecule has 0 saturated heterocycles. The van der Waals surface area contributed by atoms with Crippen LogP contribution in [0.3, 0.4) is 0 Å². The molecule has 1 aromatic carbocycles. The molecule has 1 N–H and O–H groups in total. The molecule has 3 rings (SSSR count). The first kappa shape index (κ1) is 16.9. The van der Waals surface area contributed by atoms with Gasteiger partial charge < -0.3 is 10.0 Å². The number of aliphatic hydroxyl groups is 1. The van der Waals surface area contributed by atoms with Crippen molar-refractivity contribution in [2.75, 3.05) is 20.6 Å². The van der Waals surface area contributed by atoms with Crippen LogP contribution in [0.5, 0.6) is 0 Å². The second-order valence-corrected chi connectivity index (χ2v) is 6.54. The van der Waals surface area contributed by atoms with Gasteiger partial charge in [-0.3, -0.25) is 4.98 Å². The van der Waals surface area contributed by atoms with Gasteiger partial charge in [0.05, 0.1) is 5.56 Å². The fourth-order valence-electron chi connectivity index (χ4n) is 3.56. The number of benzene rings is 1. The Kier molecular flexibility index (Phi) is 4.13. The summed E-state index contributed by atoms with van der Waals surface area (Å²) in [5.41, 5.74) is -0.327. The van der Waals surface area contributed by atoms with Gasteiger partial charge in [0.25, 0.3) is 0 Å². The Hall–Kier alpha value is -1.92. The number of hydrogen-bond donors (Lipinski definition) is 1. The largest absolute Gasteiger partial charge is 0.416 e. The van der Waals surface area contributed by atoms with Crippen LogP contribution in [0.15, 0.2) is 42.7 Å². The maximum absolute atomic E-state index is 13.0.